The van der Waals surface area contributed by atoms with Gasteiger partial charge in [0, 0.05) is 5.41 Å². The predicted molar refractivity (Wildman–Crippen MR) is 102 cm³/mol. The molecule has 2 aromatic carbocycles. The summed E-state index contributed by atoms with van der Waals surface area (Å²) in [4.78, 5) is 12.3. The third kappa shape index (κ3) is 4.97. The van der Waals surface area contributed by atoms with E-state index in [1.165, 1.54) is 0 Å². The summed E-state index contributed by atoms with van der Waals surface area (Å²) in [6, 6.07) is 17.2. The van der Waals surface area contributed by atoms with Gasteiger partial charge in [-0.05, 0) is 29.3 Å². The summed E-state index contributed by atoms with van der Waals surface area (Å²) in [5.74, 6) is 0.965. The van der Waals surface area contributed by atoms with E-state index in [0.29, 0.717) is 23.7 Å². The monoisotopic (exact) mass is 349 g/mol. The first-order chi connectivity index (χ1) is 12.3. The Morgan fingerprint density at radius 2 is 1.81 bits per heavy atom. The Kier molecular flexibility index (Phi) is 6.19. The van der Waals surface area contributed by atoms with E-state index in [1.54, 1.807) is 52.2 Å². The first kappa shape index (κ1) is 19.3. The molecule has 0 aromatic heterocycles. The van der Waals surface area contributed by atoms with Crippen LogP contribution in [0.3, 0.4) is 0 Å². The fourth-order valence-electron chi connectivity index (χ4n) is 2.35. The van der Waals surface area contributed by atoms with Crippen LogP contribution in [0, 0.1) is 16.7 Å². The van der Waals surface area contributed by atoms with Crippen molar-refractivity contribution in [1.29, 1.82) is 5.26 Å². The molecule has 0 amide bonds. The van der Waals surface area contributed by atoms with Crippen molar-refractivity contribution in [3.63, 3.8) is 0 Å². The Hall–Kier alpha value is -3.06. The molecule has 26 heavy (non-hydrogen) atoms. The number of carbonyl (C=O) groups is 1. The second kappa shape index (κ2) is 8.35. The van der Waals surface area contributed by atoms with Crippen LogP contribution in [-0.2, 0) is 11.4 Å². The zero-order valence-electron chi connectivity index (χ0n) is 15.6. The van der Waals surface area contributed by atoms with Gasteiger partial charge in [-0.1, -0.05) is 57.2 Å². The summed E-state index contributed by atoms with van der Waals surface area (Å²) in [6.07, 6.45) is 1.58. The maximum absolute atomic E-state index is 12.3. The van der Waals surface area contributed by atoms with Crippen LogP contribution in [0.2, 0.25) is 0 Å². The molecular weight excluding hydrogens is 326 g/mol. The molecule has 4 heteroatoms. The predicted octanol–water partition coefficient (Wildman–Crippen LogP) is 4.80. The van der Waals surface area contributed by atoms with E-state index < -0.39 is 5.41 Å². The van der Waals surface area contributed by atoms with Crippen LogP contribution < -0.4 is 9.47 Å². The Morgan fingerprint density at radius 3 is 2.38 bits per heavy atom. The van der Waals surface area contributed by atoms with Crippen LogP contribution in [0.25, 0.3) is 6.08 Å². The van der Waals surface area contributed by atoms with E-state index >= 15 is 0 Å². The fraction of sp³-hybridized carbons (Fsp3) is 0.273. The normalized spacial score (nSPS) is 11.6. The molecule has 0 aliphatic rings. The zero-order valence-corrected chi connectivity index (χ0v) is 15.6. The van der Waals surface area contributed by atoms with Crippen LogP contribution >= 0.6 is 0 Å². The molecule has 2 aromatic rings. The van der Waals surface area contributed by atoms with Gasteiger partial charge in [0.1, 0.15) is 12.7 Å². The lowest BCUT2D eigenvalue weighted by atomic mass is 9.86. The number of benzene rings is 2. The lowest BCUT2D eigenvalue weighted by Crippen LogP contribution is -2.21. The van der Waals surface area contributed by atoms with Gasteiger partial charge in [0.2, 0.25) is 0 Å². The van der Waals surface area contributed by atoms with Crippen LogP contribution in [0.15, 0.2) is 54.1 Å². The standard InChI is InChI=1S/C22H23NO3/c1-22(2,3)21(24)18(14-23)12-17-10-11-19(20(13-17)25-4)26-15-16-8-6-5-7-9-16/h5-13H,15H2,1-4H3/b18-12-. The van der Waals surface area contributed by atoms with Crippen molar-refractivity contribution in [2.75, 3.05) is 7.11 Å². The summed E-state index contributed by atoms with van der Waals surface area (Å²) >= 11 is 0. The summed E-state index contributed by atoms with van der Waals surface area (Å²) < 4.78 is 11.2. The third-order valence-electron chi connectivity index (χ3n) is 3.78. The second-order valence-corrected chi connectivity index (χ2v) is 6.93. The molecule has 0 atom stereocenters. The lowest BCUT2D eigenvalue weighted by Gasteiger charge is -2.15. The van der Waals surface area contributed by atoms with E-state index in [0.717, 1.165) is 5.56 Å². The van der Waals surface area contributed by atoms with E-state index in [2.05, 4.69) is 0 Å². The van der Waals surface area contributed by atoms with Gasteiger partial charge >= 0.3 is 0 Å². The molecule has 0 saturated carbocycles. The highest BCUT2D eigenvalue weighted by atomic mass is 16.5. The number of methoxy groups -OCH3 is 1. The molecule has 0 unspecified atom stereocenters. The van der Waals surface area contributed by atoms with Gasteiger partial charge in [-0.15, -0.1) is 0 Å². The summed E-state index contributed by atoms with van der Waals surface area (Å²) in [6.45, 7) is 5.81. The number of hydrogen-bond acceptors (Lipinski definition) is 4. The van der Waals surface area contributed by atoms with Crippen molar-refractivity contribution in [2.45, 2.75) is 27.4 Å². The number of hydrogen-bond donors (Lipinski definition) is 0. The summed E-state index contributed by atoms with van der Waals surface area (Å²) in [7, 11) is 1.56. The van der Waals surface area contributed by atoms with Crippen molar-refractivity contribution < 1.29 is 14.3 Å². The lowest BCUT2D eigenvalue weighted by molar-refractivity contribution is -0.121. The molecule has 134 valence electrons. The van der Waals surface area contributed by atoms with Gasteiger partial charge in [-0.25, -0.2) is 0 Å². The quantitative estimate of drug-likeness (QED) is 0.555. The Balaban J connectivity index is 2.23. The van der Waals surface area contributed by atoms with E-state index in [4.69, 9.17) is 9.47 Å². The van der Waals surface area contributed by atoms with Gasteiger partial charge in [-0.3, -0.25) is 4.79 Å². The number of nitriles is 1. The number of nitrogens with zero attached hydrogens (tertiary/aromatic N) is 1. The first-order valence-corrected chi connectivity index (χ1v) is 8.36. The van der Waals surface area contributed by atoms with Gasteiger partial charge in [-0.2, -0.15) is 5.26 Å². The van der Waals surface area contributed by atoms with Gasteiger partial charge in [0.25, 0.3) is 0 Å². The van der Waals surface area contributed by atoms with Crippen molar-refractivity contribution in [3.8, 4) is 17.6 Å². The molecular formula is C22H23NO3. The van der Waals surface area contributed by atoms with Crippen molar-refractivity contribution in [2.24, 2.45) is 5.41 Å². The van der Waals surface area contributed by atoms with Crippen LogP contribution in [0.5, 0.6) is 11.5 Å². The molecule has 0 saturated heterocycles. The highest BCUT2D eigenvalue weighted by Gasteiger charge is 2.25. The van der Waals surface area contributed by atoms with Crippen LogP contribution in [0.4, 0.5) is 0 Å². The minimum atomic E-state index is -0.607. The van der Waals surface area contributed by atoms with Gasteiger partial charge in [0.05, 0.1) is 12.7 Å². The van der Waals surface area contributed by atoms with Gasteiger partial charge < -0.3 is 9.47 Å². The first-order valence-electron chi connectivity index (χ1n) is 8.36. The number of allylic oxidation sites excluding steroid dienone is 1. The minimum absolute atomic E-state index is 0.123. The molecule has 0 aliphatic heterocycles. The second-order valence-electron chi connectivity index (χ2n) is 6.93. The third-order valence-corrected chi connectivity index (χ3v) is 3.78. The van der Waals surface area contributed by atoms with E-state index in [9.17, 15) is 10.1 Å². The topological polar surface area (TPSA) is 59.3 Å². The molecule has 0 heterocycles. The molecule has 0 bridgehead atoms. The van der Waals surface area contributed by atoms with Crippen molar-refractivity contribution in [1.82, 2.24) is 0 Å². The van der Waals surface area contributed by atoms with Crippen LogP contribution in [-0.4, -0.2) is 12.9 Å². The zero-order chi connectivity index (χ0) is 19.2. The maximum atomic E-state index is 12.3. The van der Waals surface area contributed by atoms with E-state index in [1.807, 2.05) is 36.4 Å². The maximum Gasteiger partial charge on any atom is 0.178 e. The summed E-state index contributed by atoms with van der Waals surface area (Å²) in [5.41, 5.74) is 1.28. The average molecular weight is 349 g/mol. The molecule has 0 radical (unpaired) electrons. The Bertz CT molecular complexity index is 840. The minimum Gasteiger partial charge on any atom is -0.493 e. The summed E-state index contributed by atoms with van der Waals surface area (Å²) in [5, 5.41) is 9.32. The van der Waals surface area contributed by atoms with Gasteiger partial charge in [0.15, 0.2) is 17.3 Å². The Morgan fingerprint density at radius 1 is 1.12 bits per heavy atom. The Labute approximate surface area is 154 Å². The molecule has 0 aliphatic carbocycles. The number of ether oxygens (including phenoxy) is 2. The molecule has 0 spiro atoms. The molecule has 0 fully saturated rings. The number of carbonyl (C=O) groups excluding carboxylic acids is 1. The largest absolute Gasteiger partial charge is 0.493 e. The van der Waals surface area contributed by atoms with Crippen molar-refractivity contribution in [3.05, 3.63) is 65.2 Å². The number of Topliss-reactive ketones (excluding diaryl/α,β-unsaturated/α-hetero) is 1. The van der Waals surface area contributed by atoms with Crippen LogP contribution in [0.1, 0.15) is 31.9 Å². The average Bonchev–Trinajstić information content (AvgIpc) is 2.64. The molecule has 0 N–H and O–H groups in total. The smallest absolute Gasteiger partial charge is 0.178 e. The SMILES string of the molecule is COc1cc(/C=C(/C#N)C(=O)C(C)(C)C)ccc1OCc1ccccc1. The van der Waals surface area contributed by atoms with E-state index in [-0.39, 0.29) is 11.4 Å². The molecule has 4 nitrogen and oxygen atoms in total. The number of rotatable bonds is 6. The van der Waals surface area contributed by atoms with Crippen molar-refractivity contribution >= 4 is 11.9 Å². The number of ketones is 1. The fourth-order valence-corrected chi connectivity index (χ4v) is 2.35. The molecule has 2 rings (SSSR count). The highest BCUT2D eigenvalue weighted by molar-refractivity contribution is 6.06. The highest BCUT2D eigenvalue weighted by Crippen LogP contribution is 2.30.